The van der Waals surface area contributed by atoms with E-state index < -0.39 is 12.0 Å². The molecule has 3 aromatic rings. The highest BCUT2D eigenvalue weighted by Crippen LogP contribution is 2.44. The fraction of sp³-hybridized carbons (Fsp3) is 0.435. The summed E-state index contributed by atoms with van der Waals surface area (Å²) in [7, 11) is 0. The molecule has 0 radical (unpaired) electrons. The number of likely N-dealkylation sites (tertiary alicyclic amines) is 1. The van der Waals surface area contributed by atoms with Crippen LogP contribution in [0.3, 0.4) is 0 Å². The maximum Gasteiger partial charge on any atom is 0.317 e. The van der Waals surface area contributed by atoms with Gasteiger partial charge >= 0.3 is 6.03 Å². The molecule has 1 unspecified atom stereocenters. The Kier molecular flexibility index (Phi) is 3.91. The third-order valence-corrected chi connectivity index (χ3v) is 7.07. The Balaban J connectivity index is 1.21. The minimum Gasteiger partial charge on any atom is -0.335 e. The minimum absolute atomic E-state index is 0.115. The van der Waals surface area contributed by atoms with Crippen LogP contribution in [0.25, 0.3) is 22.2 Å². The number of hydrogen-bond acceptors (Lipinski definition) is 3. The van der Waals surface area contributed by atoms with E-state index >= 15 is 0 Å². The van der Waals surface area contributed by atoms with E-state index in [1.54, 1.807) is 4.90 Å². The zero-order valence-electron chi connectivity index (χ0n) is 17.0. The molecule has 1 aliphatic carbocycles. The molecule has 1 saturated carbocycles. The second-order valence-electron chi connectivity index (χ2n) is 9.17. The molecular weight excluding hydrogens is 400 g/mol. The van der Waals surface area contributed by atoms with Crippen molar-refractivity contribution in [1.29, 1.82) is 0 Å². The number of nitrogens with zero attached hydrogens (tertiary/aromatic N) is 4. The van der Waals surface area contributed by atoms with Crippen molar-refractivity contribution in [3.63, 3.8) is 0 Å². The molecule has 4 heterocycles. The lowest BCUT2D eigenvalue weighted by Gasteiger charge is -2.36. The molecule has 0 bridgehead atoms. The number of halogens is 2. The van der Waals surface area contributed by atoms with Crippen molar-refractivity contribution in [3.8, 4) is 11.3 Å². The summed E-state index contributed by atoms with van der Waals surface area (Å²) in [5.41, 5.74) is 3.87. The van der Waals surface area contributed by atoms with Crippen LogP contribution in [0.5, 0.6) is 0 Å². The number of nitrogens with one attached hydrogen (secondary N) is 1. The largest absolute Gasteiger partial charge is 0.335 e. The zero-order valence-corrected chi connectivity index (χ0v) is 17.0. The van der Waals surface area contributed by atoms with Crippen LogP contribution < -0.4 is 5.32 Å². The number of hydrogen-bond donors (Lipinski definition) is 1. The first-order chi connectivity index (χ1) is 14.9. The van der Waals surface area contributed by atoms with E-state index in [2.05, 4.69) is 27.1 Å². The predicted octanol–water partition coefficient (Wildman–Crippen LogP) is 3.95. The van der Waals surface area contributed by atoms with E-state index in [0.717, 1.165) is 47.2 Å². The van der Waals surface area contributed by atoms with E-state index in [1.165, 1.54) is 0 Å². The summed E-state index contributed by atoms with van der Waals surface area (Å²) in [5, 5.41) is 8.66. The Morgan fingerprint density at radius 2 is 1.94 bits per heavy atom. The van der Waals surface area contributed by atoms with E-state index in [9.17, 15) is 13.6 Å². The van der Waals surface area contributed by atoms with Crippen LogP contribution in [-0.4, -0.2) is 50.7 Å². The van der Waals surface area contributed by atoms with E-state index in [4.69, 9.17) is 5.10 Å². The first-order valence-electron chi connectivity index (χ1n) is 10.8. The number of benzene rings is 1. The van der Waals surface area contributed by atoms with E-state index in [-0.39, 0.29) is 24.3 Å². The topological polar surface area (TPSA) is 63.1 Å². The molecule has 1 atom stereocenters. The van der Waals surface area contributed by atoms with Gasteiger partial charge in [0.15, 0.2) is 0 Å². The van der Waals surface area contributed by atoms with Gasteiger partial charge in [-0.1, -0.05) is 18.2 Å². The van der Waals surface area contributed by atoms with Gasteiger partial charge in [0.25, 0.3) is 5.92 Å². The van der Waals surface area contributed by atoms with Gasteiger partial charge in [0, 0.05) is 66.8 Å². The summed E-state index contributed by atoms with van der Waals surface area (Å²) in [5.74, 6) is -2.63. The summed E-state index contributed by atoms with van der Waals surface area (Å²) >= 11 is 0. The number of rotatable bonds is 2. The van der Waals surface area contributed by atoms with Crippen LogP contribution in [0.2, 0.25) is 0 Å². The van der Waals surface area contributed by atoms with Crippen molar-refractivity contribution in [2.45, 2.75) is 49.6 Å². The first-order valence-corrected chi connectivity index (χ1v) is 10.8. The summed E-state index contributed by atoms with van der Waals surface area (Å²) in [6, 6.07) is 11.6. The average molecular weight is 423 g/mol. The van der Waals surface area contributed by atoms with Crippen molar-refractivity contribution in [2.75, 3.05) is 13.1 Å². The molecule has 1 N–H and O–H groups in total. The molecule has 1 aromatic carbocycles. The minimum atomic E-state index is -2.63. The van der Waals surface area contributed by atoms with Gasteiger partial charge in [-0.2, -0.15) is 5.10 Å². The predicted molar refractivity (Wildman–Crippen MR) is 112 cm³/mol. The molecule has 2 amide bonds. The normalized spacial score (nSPS) is 24.5. The second kappa shape index (κ2) is 6.48. The van der Waals surface area contributed by atoms with Crippen LogP contribution in [0.15, 0.2) is 42.6 Å². The smallest absolute Gasteiger partial charge is 0.317 e. The maximum absolute atomic E-state index is 13.1. The number of para-hydroxylation sites is 1. The van der Waals surface area contributed by atoms with Crippen LogP contribution in [0, 0.1) is 0 Å². The molecule has 8 heteroatoms. The maximum atomic E-state index is 13.1. The van der Waals surface area contributed by atoms with Gasteiger partial charge in [0.2, 0.25) is 0 Å². The van der Waals surface area contributed by atoms with Gasteiger partial charge in [0.05, 0.1) is 11.2 Å². The van der Waals surface area contributed by atoms with Crippen LogP contribution in [0.1, 0.15) is 31.4 Å². The highest BCUT2D eigenvalue weighted by atomic mass is 19.3. The Morgan fingerprint density at radius 3 is 2.77 bits per heavy atom. The van der Waals surface area contributed by atoms with Crippen molar-refractivity contribution >= 4 is 16.9 Å². The summed E-state index contributed by atoms with van der Waals surface area (Å²) in [6.07, 6.45) is 3.15. The highest BCUT2D eigenvalue weighted by molar-refractivity contribution is 5.82. The van der Waals surface area contributed by atoms with Gasteiger partial charge < -0.3 is 10.2 Å². The number of aryl methyl sites for hydroxylation is 1. The van der Waals surface area contributed by atoms with Gasteiger partial charge in [-0.25, -0.2) is 13.6 Å². The molecule has 3 aliphatic rings. The van der Waals surface area contributed by atoms with Crippen molar-refractivity contribution in [1.82, 2.24) is 25.0 Å². The summed E-state index contributed by atoms with van der Waals surface area (Å²) in [6.45, 7) is 2.05. The van der Waals surface area contributed by atoms with Gasteiger partial charge in [0.1, 0.15) is 0 Å². The SMILES string of the molecule is O=C(NC1CC(F)(F)C1)N1CCC2(CCn3nc(-c4cnc5ccccc5c4)cc32)C1. The molecule has 31 heavy (non-hydrogen) atoms. The number of pyridine rings is 1. The number of carbonyl (C=O) groups is 1. The fourth-order valence-corrected chi connectivity index (χ4v) is 5.30. The Morgan fingerprint density at radius 1 is 1.13 bits per heavy atom. The van der Waals surface area contributed by atoms with Gasteiger partial charge in [-0.3, -0.25) is 9.67 Å². The Labute approximate surface area is 178 Å². The van der Waals surface area contributed by atoms with Gasteiger partial charge in [-0.05, 0) is 31.0 Å². The van der Waals surface area contributed by atoms with Crippen molar-refractivity contribution in [3.05, 3.63) is 48.3 Å². The summed E-state index contributed by atoms with van der Waals surface area (Å²) < 4.78 is 28.2. The second-order valence-corrected chi connectivity index (χ2v) is 9.17. The number of aromatic nitrogens is 3. The zero-order chi connectivity index (χ0) is 21.2. The van der Waals surface area contributed by atoms with E-state index in [0.29, 0.717) is 13.1 Å². The van der Waals surface area contributed by atoms with Crippen molar-refractivity contribution < 1.29 is 13.6 Å². The average Bonchev–Trinajstić information content (AvgIpc) is 3.43. The number of amides is 2. The van der Waals surface area contributed by atoms with Crippen LogP contribution >= 0.6 is 0 Å². The number of urea groups is 1. The molecule has 2 aromatic heterocycles. The van der Waals surface area contributed by atoms with Gasteiger partial charge in [-0.15, -0.1) is 0 Å². The molecule has 2 aliphatic heterocycles. The molecule has 6 nitrogen and oxygen atoms in total. The lowest BCUT2D eigenvalue weighted by atomic mass is 9.82. The number of carbonyl (C=O) groups excluding carboxylic acids is 1. The van der Waals surface area contributed by atoms with E-state index in [1.807, 2.05) is 30.5 Å². The lowest BCUT2D eigenvalue weighted by molar-refractivity contribution is -0.0902. The first kappa shape index (κ1) is 18.7. The molecule has 160 valence electrons. The molecule has 1 saturated heterocycles. The molecular formula is C23H23F2N5O. The number of fused-ring (bicyclic) bond motifs is 3. The van der Waals surface area contributed by atoms with Crippen LogP contribution in [-0.2, 0) is 12.0 Å². The highest BCUT2D eigenvalue weighted by Gasteiger charge is 2.49. The molecule has 6 rings (SSSR count). The quantitative estimate of drug-likeness (QED) is 0.679. The summed E-state index contributed by atoms with van der Waals surface area (Å²) in [4.78, 5) is 18.9. The third-order valence-electron chi connectivity index (χ3n) is 7.07. The Bertz CT molecular complexity index is 1180. The molecule has 1 spiro atoms. The monoisotopic (exact) mass is 423 g/mol. The standard InChI is InChI=1S/C23H23F2N5O/c24-23(25)11-17(12-23)27-21(31)29-7-5-22(14-29)6-8-30-20(22)10-19(28-30)16-9-15-3-1-2-4-18(15)26-13-16/h1-4,9-10,13,17H,5-8,11-12,14H2,(H,27,31). The van der Waals surface area contributed by atoms with Crippen LogP contribution in [0.4, 0.5) is 13.6 Å². The third kappa shape index (κ3) is 3.07. The van der Waals surface area contributed by atoms with Crippen molar-refractivity contribution in [2.24, 2.45) is 0 Å². The Hall–Kier alpha value is -3.03. The number of alkyl halides is 2. The fourth-order valence-electron chi connectivity index (χ4n) is 5.30. The molecule has 2 fully saturated rings. The lowest BCUT2D eigenvalue weighted by Crippen LogP contribution is -2.53.